The lowest BCUT2D eigenvalue weighted by atomic mass is 9.97. The lowest BCUT2D eigenvalue weighted by Crippen LogP contribution is -2.40. The molecule has 0 saturated carbocycles. The number of nitrogens with zero attached hydrogens (tertiary/aromatic N) is 1. The molecule has 2 heterocycles. The Morgan fingerprint density at radius 1 is 1.16 bits per heavy atom. The van der Waals surface area contributed by atoms with Gasteiger partial charge in [-0.1, -0.05) is 17.7 Å². The second-order valence-electron chi connectivity index (χ2n) is 8.36. The Morgan fingerprint density at radius 2 is 1.94 bits per heavy atom. The predicted molar refractivity (Wildman–Crippen MR) is 123 cm³/mol. The third-order valence-electron chi connectivity index (χ3n) is 5.93. The minimum Gasteiger partial charge on any atom is -0.497 e. The molecule has 0 amide bonds. The number of rotatable bonds is 7. The quantitative estimate of drug-likeness (QED) is 0.549. The fourth-order valence-corrected chi connectivity index (χ4v) is 5.31. The molecule has 1 atom stereocenters. The summed E-state index contributed by atoms with van der Waals surface area (Å²) >= 11 is 0. The number of ether oxygens (including phenoxy) is 1. The Hall–Kier alpha value is -2.68. The molecular weight excluding hydrogens is 428 g/mol. The fraction of sp³-hybridized carbons (Fsp3) is 0.375. The number of methoxy groups -OCH3 is 1. The molecule has 1 aromatic heterocycles. The van der Waals surface area contributed by atoms with E-state index in [1.807, 2.05) is 19.1 Å². The molecule has 0 aliphatic carbocycles. The van der Waals surface area contributed by atoms with Gasteiger partial charge in [-0.25, -0.2) is 17.9 Å². The van der Waals surface area contributed by atoms with Crippen molar-refractivity contribution in [3.8, 4) is 5.75 Å². The number of piperidine rings is 1. The van der Waals surface area contributed by atoms with Crippen molar-refractivity contribution >= 4 is 21.0 Å². The highest BCUT2D eigenvalue weighted by Crippen LogP contribution is 2.25. The highest BCUT2D eigenvalue weighted by molar-refractivity contribution is 7.89. The molecule has 1 fully saturated rings. The first-order valence-electron chi connectivity index (χ1n) is 10.7. The third-order valence-corrected chi connectivity index (χ3v) is 7.37. The van der Waals surface area contributed by atoms with Gasteiger partial charge >= 0.3 is 5.63 Å². The zero-order valence-corrected chi connectivity index (χ0v) is 19.2. The van der Waals surface area contributed by atoms with E-state index in [4.69, 9.17) is 9.15 Å². The summed E-state index contributed by atoms with van der Waals surface area (Å²) in [7, 11) is -1.95. The van der Waals surface area contributed by atoms with E-state index in [0.717, 1.165) is 42.4 Å². The molecule has 1 aliphatic rings. The number of benzene rings is 2. The minimum absolute atomic E-state index is 0.204. The standard InChI is InChI=1S/C24H28N2O5S/c1-17-5-8-21(9-6-17)32(28,29)25-14-18-4-3-11-26(15-18)16-19-12-24(27)31-23-13-20(30-2)7-10-22(19)23/h5-10,12-13,18,25H,3-4,11,14-16H2,1-2H3. The molecule has 170 valence electrons. The second kappa shape index (κ2) is 9.44. The summed E-state index contributed by atoms with van der Waals surface area (Å²) in [6, 6.07) is 13.9. The normalized spacial score (nSPS) is 17.5. The van der Waals surface area contributed by atoms with Crippen LogP contribution in [0, 0.1) is 12.8 Å². The largest absolute Gasteiger partial charge is 0.497 e. The number of hydrogen-bond donors (Lipinski definition) is 1. The maximum atomic E-state index is 12.6. The van der Waals surface area contributed by atoms with E-state index in [-0.39, 0.29) is 16.4 Å². The zero-order chi connectivity index (χ0) is 22.7. The van der Waals surface area contributed by atoms with Gasteiger partial charge in [0.05, 0.1) is 12.0 Å². The van der Waals surface area contributed by atoms with Crippen LogP contribution in [0.25, 0.3) is 11.0 Å². The van der Waals surface area contributed by atoms with E-state index >= 15 is 0 Å². The highest BCUT2D eigenvalue weighted by Gasteiger charge is 2.23. The molecule has 2 aromatic carbocycles. The third kappa shape index (κ3) is 5.20. The van der Waals surface area contributed by atoms with Gasteiger partial charge in [-0.3, -0.25) is 4.90 Å². The average Bonchev–Trinajstić information content (AvgIpc) is 2.78. The maximum absolute atomic E-state index is 12.6. The van der Waals surface area contributed by atoms with Crippen LogP contribution < -0.4 is 15.1 Å². The summed E-state index contributed by atoms with van der Waals surface area (Å²) in [5.41, 5.74) is 2.04. The van der Waals surface area contributed by atoms with Crippen LogP contribution in [0.1, 0.15) is 24.0 Å². The molecule has 0 bridgehead atoms. The van der Waals surface area contributed by atoms with E-state index in [2.05, 4.69) is 9.62 Å². The monoisotopic (exact) mass is 456 g/mol. The van der Waals surface area contributed by atoms with Crippen molar-refractivity contribution in [1.29, 1.82) is 0 Å². The molecule has 1 N–H and O–H groups in total. The van der Waals surface area contributed by atoms with E-state index in [1.54, 1.807) is 43.5 Å². The van der Waals surface area contributed by atoms with Gasteiger partial charge in [0.25, 0.3) is 0 Å². The van der Waals surface area contributed by atoms with Crippen LogP contribution >= 0.6 is 0 Å². The molecule has 8 heteroatoms. The fourth-order valence-electron chi connectivity index (χ4n) is 4.20. The highest BCUT2D eigenvalue weighted by atomic mass is 32.2. The van der Waals surface area contributed by atoms with E-state index in [0.29, 0.717) is 24.4 Å². The number of hydrogen-bond acceptors (Lipinski definition) is 6. The lowest BCUT2D eigenvalue weighted by Gasteiger charge is -2.33. The first-order chi connectivity index (χ1) is 15.3. The summed E-state index contributed by atoms with van der Waals surface area (Å²) in [6.45, 7) is 4.58. The second-order valence-corrected chi connectivity index (χ2v) is 10.1. The van der Waals surface area contributed by atoms with Crippen molar-refractivity contribution in [2.24, 2.45) is 5.92 Å². The van der Waals surface area contributed by atoms with Crippen LogP contribution in [0.15, 0.2) is 62.6 Å². The Balaban J connectivity index is 1.43. The van der Waals surface area contributed by atoms with Crippen LogP contribution in [0.5, 0.6) is 5.75 Å². The molecule has 4 rings (SSSR count). The van der Waals surface area contributed by atoms with Crippen molar-refractivity contribution in [1.82, 2.24) is 9.62 Å². The average molecular weight is 457 g/mol. The van der Waals surface area contributed by atoms with Crippen molar-refractivity contribution in [3.63, 3.8) is 0 Å². The van der Waals surface area contributed by atoms with Gasteiger partial charge in [-0.2, -0.15) is 0 Å². The summed E-state index contributed by atoms with van der Waals surface area (Å²) in [6.07, 6.45) is 1.94. The van der Waals surface area contributed by atoms with E-state index < -0.39 is 10.0 Å². The SMILES string of the molecule is COc1ccc2c(CN3CCCC(CNS(=O)(=O)c4ccc(C)cc4)C3)cc(=O)oc2c1. The molecule has 0 spiro atoms. The Bertz CT molecular complexity index is 1250. The van der Waals surface area contributed by atoms with Crippen molar-refractivity contribution in [3.05, 3.63) is 70.1 Å². The Labute approximate surface area is 188 Å². The first kappa shape index (κ1) is 22.5. The van der Waals surface area contributed by atoms with Crippen LogP contribution in [0.4, 0.5) is 0 Å². The number of aryl methyl sites for hydroxylation is 1. The van der Waals surface area contributed by atoms with Crippen molar-refractivity contribution in [2.45, 2.75) is 31.2 Å². The molecule has 1 aliphatic heterocycles. The minimum atomic E-state index is -3.53. The van der Waals surface area contributed by atoms with Gasteiger partial charge in [0, 0.05) is 37.2 Å². The summed E-state index contributed by atoms with van der Waals surface area (Å²) in [5.74, 6) is 0.840. The summed E-state index contributed by atoms with van der Waals surface area (Å²) < 4.78 is 38.6. The zero-order valence-electron chi connectivity index (χ0n) is 18.3. The first-order valence-corrected chi connectivity index (χ1v) is 12.2. The van der Waals surface area contributed by atoms with Gasteiger partial charge in [0.1, 0.15) is 11.3 Å². The summed E-state index contributed by atoms with van der Waals surface area (Å²) in [4.78, 5) is 14.6. The number of nitrogens with one attached hydrogen (secondary N) is 1. The molecule has 0 radical (unpaired) electrons. The molecule has 1 saturated heterocycles. The number of sulfonamides is 1. The van der Waals surface area contributed by atoms with Crippen LogP contribution in [-0.4, -0.2) is 40.1 Å². The molecule has 7 nitrogen and oxygen atoms in total. The van der Waals surface area contributed by atoms with Gasteiger partial charge < -0.3 is 9.15 Å². The predicted octanol–water partition coefficient (Wildman–Crippen LogP) is 3.30. The van der Waals surface area contributed by atoms with Crippen molar-refractivity contribution < 1.29 is 17.6 Å². The summed E-state index contributed by atoms with van der Waals surface area (Å²) in [5, 5.41) is 0.882. The lowest BCUT2D eigenvalue weighted by molar-refractivity contribution is 0.169. The number of fused-ring (bicyclic) bond motifs is 1. The molecule has 1 unspecified atom stereocenters. The number of likely N-dealkylation sites (tertiary alicyclic amines) is 1. The van der Waals surface area contributed by atoms with E-state index in [1.165, 1.54) is 0 Å². The van der Waals surface area contributed by atoms with Crippen LogP contribution in [0.3, 0.4) is 0 Å². The van der Waals surface area contributed by atoms with E-state index in [9.17, 15) is 13.2 Å². The molecule has 32 heavy (non-hydrogen) atoms. The van der Waals surface area contributed by atoms with Gasteiger partial charge in [-0.05, 0) is 62.1 Å². The smallest absolute Gasteiger partial charge is 0.336 e. The molecule has 3 aromatic rings. The Morgan fingerprint density at radius 3 is 2.69 bits per heavy atom. The van der Waals surface area contributed by atoms with Gasteiger partial charge in [0.2, 0.25) is 10.0 Å². The van der Waals surface area contributed by atoms with Gasteiger partial charge in [0.15, 0.2) is 0 Å². The van der Waals surface area contributed by atoms with Crippen molar-refractivity contribution in [2.75, 3.05) is 26.7 Å². The molecular formula is C24H28N2O5S. The Kier molecular flexibility index (Phi) is 6.64. The topological polar surface area (TPSA) is 88.9 Å². The van der Waals surface area contributed by atoms with Crippen LogP contribution in [0.2, 0.25) is 0 Å². The van der Waals surface area contributed by atoms with Crippen LogP contribution in [-0.2, 0) is 16.6 Å². The van der Waals surface area contributed by atoms with Gasteiger partial charge in [-0.15, -0.1) is 0 Å². The maximum Gasteiger partial charge on any atom is 0.336 e.